The van der Waals surface area contributed by atoms with Gasteiger partial charge in [0.15, 0.2) is 0 Å². The second-order valence-electron chi connectivity index (χ2n) is 2.47. The van der Waals surface area contributed by atoms with Crippen molar-refractivity contribution >= 4 is 15.9 Å². The highest BCUT2D eigenvalue weighted by Crippen LogP contribution is 2.29. The molecule has 0 aliphatic carbocycles. The first kappa shape index (κ1) is 9.52. The van der Waals surface area contributed by atoms with Gasteiger partial charge >= 0.3 is 0 Å². The number of ether oxygens (including phenoxy) is 1. The van der Waals surface area contributed by atoms with Crippen molar-refractivity contribution in [3.8, 4) is 5.75 Å². The molecule has 1 aromatic rings. The topological polar surface area (TPSA) is 9.23 Å². The summed E-state index contributed by atoms with van der Waals surface area (Å²) < 4.78 is 18.7. The predicted molar refractivity (Wildman–Crippen MR) is 50.0 cm³/mol. The molecule has 1 aromatic carbocycles. The number of aryl methyl sites for hydroxylation is 1. The summed E-state index contributed by atoms with van der Waals surface area (Å²) in [5, 5.41) is 0. The molecule has 0 saturated carbocycles. The number of halogens is 2. The molecule has 0 aromatic heterocycles. The van der Waals surface area contributed by atoms with Crippen molar-refractivity contribution < 1.29 is 9.13 Å². The minimum absolute atomic E-state index is 0.247. The minimum Gasteiger partial charge on any atom is -0.492 e. The minimum atomic E-state index is -0.247. The Morgan fingerprint density at radius 3 is 2.67 bits per heavy atom. The largest absolute Gasteiger partial charge is 0.492 e. The van der Waals surface area contributed by atoms with Crippen molar-refractivity contribution in [2.24, 2.45) is 0 Å². The average molecular weight is 233 g/mol. The maximum atomic E-state index is 12.8. The molecule has 0 amide bonds. The van der Waals surface area contributed by atoms with Gasteiger partial charge in [0.05, 0.1) is 11.1 Å². The van der Waals surface area contributed by atoms with Gasteiger partial charge < -0.3 is 4.74 Å². The summed E-state index contributed by atoms with van der Waals surface area (Å²) in [5.74, 6) is 0.474. The van der Waals surface area contributed by atoms with E-state index in [0.29, 0.717) is 11.1 Å². The number of rotatable bonds is 2. The first-order chi connectivity index (χ1) is 5.65. The fourth-order valence-electron chi connectivity index (χ4n) is 1.02. The molecule has 0 aliphatic heterocycles. The van der Waals surface area contributed by atoms with Crippen LogP contribution in [0.3, 0.4) is 0 Å². The number of hydrogen-bond acceptors (Lipinski definition) is 1. The fraction of sp³-hybridized carbons (Fsp3) is 0.333. The SMILES string of the molecule is CCOc1c(C)cc(F)cc1Br. The van der Waals surface area contributed by atoms with Gasteiger partial charge in [-0.25, -0.2) is 4.39 Å². The summed E-state index contributed by atoms with van der Waals surface area (Å²) in [6, 6.07) is 2.85. The maximum Gasteiger partial charge on any atom is 0.136 e. The summed E-state index contributed by atoms with van der Waals surface area (Å²) in [7, 11) is 0. The zero-order chi connectivity index (χ0) is 9.14. The van der Waals surface area contributed by atoms with Crippen LogP contribution in [-0.2, 0) is 0 Å². The zero-order valence-electron chi connectivity index (χ0n) is 7.03. The third-order valence-electron chi connectivity index (χ3n) is 1.48. The van der Waals surface area contributed by atoms with Gasteiger partial charge in [-0.1, -0.05) is 0 Å². The maximum absolute atomic E-state index is 12.8. The van der Waals surface area contributed by atoms with Crippen molar-refractivity contribution in [2.75, 3.05) is 6.61 Å². The van der Waals surface area contributed by atoms with Gasteiger partial charge in [-0.15, -0.1) is 0 Å². The molecular formula is C9H10BrFO. The Labute approximate surface area is 79.7 Å². The van der Waals surface area contributed by atoms with Crippen LogP contribution in [-0.4, -0.2) is 6.61 Å². The van der Waals surface area contributed by atoms with Gasteiger partial charge in [0.2, 0.25) is 0 Å². The van der Waals surface area contributed by atoms with Gasteiger partial charge in [0, 0.05) is 0 Å². The first-order valence-corrected chi connectivity index (χ1v) is 4.53. The lowest BCUT2D eigenvalue weighted by Crippen LogP contribution is -1.95. The van der Waals surface area contributed by atoms with E-state index in [-0.39, 0.29) is 5.82 Å². The lowest BCUT2D eigenvalue weighted by Gasteiger charge is -2.08. The van der Waals surface area contributed by atoms with Crippen LogP contribution in [0, 0.1) is 12.7 Å². The third-order valence-corrected chi connectivity index (χ3v) is 2.07. The Kier molecular flexibility index (Phi) is 3.09. The summed E-state index contributed by atoms with van der Waals surface area (Å²) in [5.41, 5.74) is 0.809. The van der Waals surface area contributed by atoms with Gasteiger partial charge in [-0.05, 0) is 47.5 Å². The van der Waals surface area contributed by atoms with E-state index < -0.39 is 0 Å². The third kappa shape index (κ3) is 1.97. The molecule has 66 valence electrons. The monoisotopic (exact) mass is 232 g/mol. The van der Waals surface area contributed by atoms with Crippen LogP contribution in [0.25, 0.3) is 0 Å². The van der Waals surface area contributed by atoms with E-state index in [4.69, 9.17) is 4.74 Å². The highest BCUT2D eigenvalue weighted by atomic mass is 79.9. The van der Waals surface area contributed by atoms with Gasteiger partial charge in [-0.3, -0.25) is 0 Å². The van der Waals surface area contributed by atoms with Crippen molar-refractivity contribution in [2.45, 2.75) is 13.8 Å². The van der Waals surface area contributed by atoms with E-state index in [2.05, 4.69) is 15.9 Å². The van der Waals surface area contributed by atoms with Gasteiger partial charge in [-0.2, -0.15) is 0 Å². The molecule has 0 atom stereocenters. The Bertz CT molecular complexity index is 263. The smallest absolute Gasteiger partial charge is 0.136 e. The van der Waals surface area contributed by atoms with Crippen molar-refractivity contribution in [1.82, 2.24) is 0 Å². The predicted octanol–water partition coefficient (Wildman–Crippen LogP) is 3.30. The van der Waals surface area contributed by atoms with E-state index in [1.54, 1.807) is 0 Å². The molecule has 1 nitrogen and oxygen atoms in total. The fourth-order valence-corrected chi connectivity index (χ4v) is 1.66. The summed E-state index contributed by atoms with van der Waals surface area (Å²) >= 11 is 3.23. The van der Waals surface area contributed by atoms with Crippen LogP contribution in [0.4, 0.5) is 4.39 Å². The molecule has 0 saturated heterocycles. The van der Waals surface area contributed by atoms with E-state index >= 15 is 0 Å². The molecule has 1 rings (SSSR count). The van der Waals surface area contributed by atoms with Crippen LogP contribution >= 0.6 is 15.9 Å². The van der Waals surface area contributed by atoms with Crippen molar-refractivity contribution in [3.05, 3.63) is 28.0 Å². The van der Waals surface area contributed by atoms with Crippen molar-refractivity contribution in [1.29, 1.82) is 0 Å². The summed E-state index contributed by atoms with van der Waals surface area (Å²) in [4.78, 5) is 0. The Balaban J connectivity index is 3.10. The van der Waals surface area contributed by atoms with E-state index in [0.717, 1.165) is 11.3 Å². The number of hydrogen-bond donors (Lipinski definition) is 0. The number of benzene rings is 1. The second kappa shape index (κ2) is 3.90. The molecule has 0 radical (unpaired) electrons. The Hall–Kier alpha value is -0.570. The molecule has 12 heavy (non-hydrogen) atoms. The molecule has 0 fully saturated rings. The Morgan fingerprint density at radius 1 is 1.50 bits per heavy atom. The average Bonchev–Trinajstić information content (AvgIpc) is 1.96. The quantitative estimate of drug-likeness (QED) is 0.761. The highest BCUT2D eigenvalue weighted by Gasteiger charge is 2.06. The van der Waals surface area contributed by atoms with Gasteiger partial charge in [0.1, 0.15) is 11.6 Å². The molecule has 3 heteroatoms. The molecule has 0 heterocycles. The first-order valence-electron chi connectivity index (χ1n) is 3.73. The van der Waals surface area contributed by atoms with Crippen LogP contribution in [0.5, 0.6) is 5.75 Å². The lowest BCUT2D eigenvalue weighted by molar-refractivity contribution is 0.335. The molecule has 0 bridgehead atoms. The molecule has 0 aliphatic rings. The van der Waals surface area contributed by atoms with Crippen molar-refractivity contribution in [3.63, 3.8) is 0 Å². The summed E-state index contributed by atoms with van der Waals surface area (Å²) in [6.45, 7) is 4.30. The van der Waals surface area contributed by atoms with E-state index in [9.17, 15) is 4.39 Å². The highest BCUT2D eigenvalue weighted by molar-refractivity contribution is 9.10. The second-order valence-corrected chi connectivity index (χ2v) is 3.32. The lowest BCUT2D eigenvalue weighted by atomic mass is 10.2. The van der Waals surface area contributed by atoms with Crippen LogP contribution < -0.4 is 4.74 Å². The molecule has 0 spiro atoms. The van der Waals surface area contributed by atoms with Crippen LogP contribution in [0.1, 0.15) is 12.5 Å². The van der Waals surface area contributed by atoms with Crippen LogP contribution in [0.15, 0.2) is 16.6 Å². The molecular weight excluding hydrogens is 223 g/mol. The van der Waals surface area contributed by atoms with E-state index in [1.165, 1.54) is 12.1 Å². The van der Waals surface area contributed by atoms with Gasteiger partial charge in [0.25, 0.3) is 0 Å². The standard InChI is InChI=1S/C9H10BrFO/c1-3-12-9-6(2)4-7(11)5-8(9)10/h4-5H,3H2,1-2H3. The van der Waals surface area contributed by atoms with Crippen LogP contribution in [0.2, 0.25) is 0 Å². The Morgan fingerprint density at radius 2 is 2.17 bits per heavy atom. The zero-order valence-corrected chi connectivity index (χ0v) is 8.61. The molecule has 0 unspecified atom stereocenters. The van der Waals surface area contributed by atoms with E-state index in [1.807, 2.05) is 13.8 Å². The normalized spacial score (nSPS) is 10.0. The molecule has 0 N–H and O–H groups in total. The summed E-state index contributed by atoms with van der Waals surface area (Å²) in [6.07, 6.45) is 0.